The fraction of sp³-hybridized carbons (Fsp3) is 0.333. The molecule has 6 heteroatoms. The molecule has 0 saturated carbocycles. The molecule has 0 spiro atoms. The van der Waals surface area contributed by atoms with Gasteiger partial charge in [0.2, 0.25) is 0 Å². The zero-order valence-corrected chi connectivity index (χ0v) is 15.5. The molecule has 1 saturated heterocycles. The van der Waals surface area contributed by atoms with Gasteiger partial charge < -0.3 is 9.80 Å². The van der Waals surface area contributed by atoms with Gasteiger partial charge in [-0.05, 0) is 63.3 Å². The molecule has 2 aliphatic heterocycles. The second-order valence-corrected chi connectivity index (χ2v) is 7.11. The Labute approximate surface area is 160 Å². The molecule has 1 aromatic heterocycles. The number of aromatic nitrogens is 1. The zero-order chi connectivity index (χ0) is 18.6. The monoisotopic (exact) mass is 363 g/mol. The van der Waals surface area contributed by atoms with Gasteiger partial charge in [-0.15, -0.1) is 0 Å². The Kier molecular flexibility index (Phi) is 5.18. The molecule has 1 unspecified atom stereocenters. The number of nitrogens with zero attached hydrogens (tertiary/aromatic N) is 4. The third-order valence-corrected chi connectivity index (χ3v) is 5.25. The summed E-state index contributed by atoms with van der Waals surface area (Å²) in [6.45, 7) is 2.00. The molecule has 3 heterocycles. The number of para-hydroxylation sites is 1. The third-order valence-electron chi connectivity index (χ3n) is 5.25. The molecular weight excluding hydrogens is 338 g/mol. The molecule has 1 amide bonds. The van der Waals surface area contributed by atoms with E-state index in [1.165, 1.54) is 0 Å². The first-order valence-electron chi connectivity index (χ1n) is 9.42. The highest BCUT2D eigenvalue weighted by Crippen LogP contribution is 2.24. The van der Waals surface area contributed by atoms with Crippen LogP contribution in [-0.2, 0) is 0 Å². The predicted octanol–water partition coefficient (Wildman–Crippen LogP) is 2.48. The Bertz CT molecular complexity index is 787. The van der Waals surface area contributed by atoms with E-state index in [9.17, 15) is 4.79 Å². The standard InChI is InChI=1S/C21H25N5O/c1-24-13-9-19(10-14-24)26(21(27)17-6-5-12-22-16-17)20-11-15-25(23-20)18-7-3-2-4-8-18/h2-8,11-12,15-16,19-20,23H,9-10,13-14H2,1H3. The van der Waals surface area contributed by atoms with Crippen LogP contribution in [0.2, 0.25) is 0 Å². The van der Waals surface area contributed by atoms with Crippen molar-refractivity contribution in [3.8, 4) is 0 Å². The van der Waals surface area contributed by atoms with Crippen LogP contribution in [0.4, 0.5) is 5.69 Å². The summed E-state index contributed by atoms with van der Waals surface area (Å²) in [7, 11) is 2.13. The van der Waals surface area contributed by atoms with Crippen molar-refractivity contribution >= 4 is 11.6 Å². The number of nitrogens with one attached hydrogen (secondary N) is 1. The van der Waals surface area contributed by atoms with Crippen LogP contribution in [0.25, 0.3) is 0 Å². The normalized spacial score (nSPS) is 20.8. The highest BCUT2D eigenvalue weighted by molar-refractivity contribution is 5.94. The van der Waals surface area contributed by atoms with Crippen LogP contribution in [0.1, 0.15) is 23.2 Å². The second-order valence-electron chi connectivity index (χ2n) is 7.11. The van der Waals surface area contributed by atoms with Crippen LogP contribution in [0.5, 0.6) is 0 Å². The van der Waals surface area contributed by atoms with Crippen LogP contribution in [-0.4, -0.2) is 53.0 Å². The van der Waals surface area contributed by atoms with Crippen LogP contribution in [0, 0.1) is 0 Å². The van der Waals surface area contributed by atoms with Crippen molar-refractivity contribution in [3.05, 3.63) is 72.7 Å². The van der Waals surface area contributed by atoms with Gasteiger partial charge in [0.05, 0.1) is 11.3 Å². The summed E-state index contributed by atoms with van der Waals surface area (Å²) < 4.78 is 0. The average molecular weight is 363 g/mol. The molecule has 1 N–H and O–H groups in total. The van der Waals surface area contributed by atoms with E-state index in [1.54, 1.807) is 12.4 Å². The maximum absolute atomic E-state index is 13.3. The molecule has 0 radical (unpaired) electrons. The number of piperidine rings is 1. The molecule has 140 valence electrons. The molecular formula is C21H25N5O. The first-order valence-corrected chi connectivity index (χ1v) is 9.42. The Morgan fingerprint density at radius 2 is 1.93 bits per heavy atom. The lowest BCUT2D eigenvalue weighted by atomic mass is 10.0. The number of anilines is 1. The van der Waals surface area contributed by atoms with E-state index in [0.717, 1.165) is 31.6 Å². The van der Waals surface area contributed by atoms with Crippen molar-refractivity contribution in [2.75, 3.05) is 25.1 Å². The van der Waals surface area contributed by atoms with Crippen molar-refractivity contribution in [1.82, 2.24) is 20.2 Å². The lowest BCUT2D eigenvalue weighted by Crippen LogP contribution is -2.56. The van der Waals surface area contributed by atoms with Crippen molar-refractivity contribution in [2.45, 2.75) is 25.0 Å². The Morgan fingerprint density at radius 3 is 2.63 bits per heavy atom. The van der Waals surface area contributed by atoms with Crippen LogP contribution in [0.3, 0.4) is 0 Å². The van der Waals surface area contributed by atoms with E-state index in [1.807, 2.05) is 58.6 Å². The summed E-state index contributed by atoms with van der Waals surface area (Å²) in [5.74, 6) is 0.0229. The first kappa shape index (κ1) is 17.7. The first-order chi connectivity index (χ1) is 13.2. The van der Waals surface area contributed by atoms with Gasteiger partial charge in [-0.3, -0.25) is 14.8 Å². The van der Waals surface area contributed by atoms with Gasteiger partial charge >= 0.3 is 0 Å². The van der Waals surface area contributed by atoms with Gasteiger partial charge in [0, 0.05) is 24.6 Å². The Hall–Kier alpha value is -2.70. The number of hydrogen-bond acceptors (Lipinski definition) is 5. The van der Waals surface area contributed by atoms with E-state index in [4.69, 9.17) is 0 Å². The largest absolute Gasteiger partial charge is 0.315 e. The average Bonchev–Trinajstić information content (AvgIpc) is 3.20. The maximum atomic E-state index is 13.3. The van der Waals surface area contributed by atoms with Crippen LogP contribution < -0.4 is 10.4 Å². The maximum Gasteiger partial charge on any atom is 0.257 e. The summed E-state index contributed by atoms with van der Waals surface area (Å²) in [6.07, 6.45) is 9.17. The number of carbonyl (C=O) groups is 1. The highest BCUT2D eigenvalue weighted by Gasteiger charge is 2.34. The van der Waals surface area contributed by atoms with Crippen molar-refractivity contribution in [3.63, 3.8) is 0 Å². The number of carbonyl (C=O) groups excluding carboxylic acids is 1. The van der Waals surface area contributed by atoms with Gasteiger partial charge in [0.1, 0.15) is 6.17 Å². The molecule has 1 atom stereocenters. The summed E-state index contributed by atoms with van der Waals surface area (Å²) in [5, 5.41) is 1.98. The summed E-state index contributed by atoms with van der Waals surface area (Å²) in [5.41, 5.74) is 5.14. The molecule has 2 aromatic rings. The van der Waals surface area contributed by atoms with Crippen LogP contribution >= 0.6 is 0 Å². The van der Waals surface area contributed by atoms with Crippen LogP contribution in [0.15, 0.2) is 67.1 Å². The van der Waals surface area contributed by atoms with E-state index >= 15 is 0 Å². The number of likely N-dealkylation sites (tertiary alicyclic amines) is 1. The van der Waals surface area contributed by atoms with Gasteiger partial charge in [0.25, 0.3) is 5.91 Å². The minimum absolute atomic E-state index is 0.0229. The second kappa shape index (κ2) is 7.90. The smallest absolute Gasteiger partial charge is 0.257 e. The Balaban J connectivity index is 1.57. The van der Waals surface area contributed by atoms with E-state index in [2.05, 4.69) is 28.4 Å². The molecule has 1 aromatic carbocycles. The lowest BCUT2D eigenvalue weighted by Gasteiger charge is -2.40. The summed E-state index contributed by atoms with van der Waals surface area (Å²) in [6, 6.07) is 14.0. The topological polar surface area (TPSA) is 51.7 Å². The molecule has 27 heavy (non-hydrogen) atoms. The van der Waals surface area contributed by atoms with Gasteiger partial charge in [-0.2, -0.15) is 0 Å². The van der Waals surface area contributed by atoms with Gasteiger partial charge in [-0.1, -0.05) is 18.2 Å². The number of pyridine rings is 1. The highest BCUT2D eigenvalue weighted by atomic mass is 16.2. The minimum Gasteiger partial charge on any atom is -0.315 e. The SMILES string of the molecule is CN1CCC(N(C(=O)c2cccnc2)C2C=CN(c3ccccc3)N2)CC1. The van der Waals surface area contributed by atoms with Crippen molar-refractivity contribution in [2.24, 2.45) is 0 Å². The van der Waals surface area contributed by atoms with E-state index < -0.39 is 0 Å². The predicted molar refractivity (Wildman–Crippen MR) is 106 cm³/mol. The van der Waals surface area contributed by atoms with E-state index in [-0.39, 0.29) is 18.1 Å². The number of hydrazine groups is 1. The number of benzene rings is 1. The molecule has 6 nitrogen and oxygen atoms in total. The minimum atomic E-state index is -0.175. The molecule has 1 fully saturated rings. The third kappa shape index (κ3) is 3.86. The zero-order valence-electron chi connectivity index (χ0n) is 15.5. The number of amides is 1. The number of rotatable bonds is 4. The van der Waals surface area contributed by atoms with Crippen molar-refractivity contribution in [1.29, 1.82) is 0 Å². The molecule has 0 bridgehead atoms. The lowest BCUT2D eigenvalue weighted by molar-refractivity contribution is 0.0486. The van der Waals surface area contributed by atoms with E-state index in [0.29, 0.717) is 5.56 Å². The quantitative estimate of drug-likeness (QED) is 0.904. The molecule has 0 aliphatic carbocycles. The summed E-state index contributed by atoms with van der Waals surface area (Å²) >= 11 is 0. The summed E-state index contributed by atoms with van der Waals surface area (Å²) in [4.78, 5) is 21.8. The molecule has 2 aliphatic rings. The number of hydrogen-bond donors (Lipinski definition) is 1. The molecule has 4 rings (SSSR count). The fourth-order valence-corrected chi connectivity index (χ4v) is 3.73. The fourth-order valence-electron chi connectivity index (χ4n) is 3.73. The van der Waals surface area contributed by atoms with Gasteiger partial charge in [0.15, 0.2) is 0 Å². The van der Waals surface area contributed by atoms with Crippen molar-refractivity contribution < 1.29 is 4.79 Å². The van der Waals surface area contributed by atoms with Gasteiger partial charge in [-0.25, -0.2) is 5.43 Å². The Morgan fingerprint density at radius 1 is 1.15 bits per heavy atom.